The Balaban J connectivity index is 2.96. The Morgan fingerprint density at radius 2 is 1.92 bits per heavy atom. The zero-order valence-corrected chi connectivity index (χ0v) is 17.3. The normalized spacial score (nSPS) is 13.7. The van der Waals surface area contributed by atoms with Gasteiger partial charge in [0.1, 0.15) is 0 Å². The fourth-order valence-electron chi connectivity index (χ4n) is 1.90. The largest absolute Gasteiger partial charge is 0.477 e. The van der Waals surface area contributed by atoms with Crippen LogP contribution in [0, 0.1) is 0 Å². The first-order valence-electron chi connectivity index (χ1n) is 8.57. The van der Waals surface area contributed by atoms with Gasteiger partial charge in [-0.25, -0.2) is 9.48 Å². The van der Waals surface area contributed by atoms with Gasteiger partial charge in [0.15, 0.2) is 14.0 Å². The first-order chi connectivity index (χ1) is 11.0. The molecule has 0 amide bonds. The van der Waals surface area contributed by atoms with E-state index in [9.17, 15) is 4.79 Å². The van der Waals surface area contributed by atoms with Gasteiger partial charge in [0.25, 0.3) is 0 Å². The molecule has 0 fully saturated rings. The SMILES string of the molecule is CCOC(=O)c1cc(OCC)nn1[C@@H](C)CO[Si](C)(C)C(C)(C)C. The molecule has 0 aliphatic carbocycles. The highest BCUT2D eigenvalue weighted by Crippen LogP contribution is 2.37. The van der Waals surface area contributed by atoms with E-state index in [4.69, 9.17) is 13.9 Å². The lowest BCUT2D eigenvalue weighted by atomic mass is 10.2. The summed E-state index contributed by atoms with van der Waals surface area (Å²) < 4.78 is 18.5. The molecule has 0 spiro atoms. The van der Waals surface area contributed by atoms with Gasteiger partial charge in [0.2, 0.25) is 5.88 Å². The first-order valence-corrected chi connectivity index (χ1v) is 11.5. The molecule has 0 N–H and O–H groups in total. The summed E-state index contributed by atoms with van der Waals surface area (Å²) in [6.45, 7) is 18.0. The molecule has 138 valence electrons. The van der Waals surface area contributed by atoms with Crippen molar-refractivity contribution in [2.45, 2.75) is 65.7 Å². The van der Waals surface area contributed by atoms with E-state index < -0.39 is 14.3 Å². The predicted octanol–water partition coefficient (Wildman–Crippen LogP) is 4.04. The predicted molar refractivity (Wildman–Crippen MR) is 97.2 cm³/mol. The Morgan fingerprint density at radius 3 is 2.42 bits per heavy atom. The quantitative estimate of drug-likeness (QED) is 0.519. The van der Waals surface area contributed by atoms with Gasteiger partial charge in [0, 0.05) is 6.07 Å². The molecular formula is C17H32N2O4Si. The van der Waals surface area contributed by atoms with Crippen LogP contribution in [0.5, 0.6) is 5.88 Å². The van der Waals surface area contributed by atoms with Crippen molar-refractivity contribution < 1.29 is 18.7 Å². The van der Waals surface area contributed by atoms with Gasteiger partial charge in [-0.1, -0.05) is 20.8 Å². The molecule has 0 radical (unpaired) electrons. The first kappa shape index (κ1) is 20.7. The maximum absolute atomic E-state index is 12.2. The van der Waals surface area contributed by atoms with Crippen LogP contribution >= 0.6 is 0 Å². The Morgan fingerprint density at radius 1 is 1.29 bits per heavy atom. The lowest BCUT2D eigenvalue weighted by molar-refractivity contribution is 0.0507. The molecule has 6 nitrogen and oxygen atoms in total. The van der Waals surface area contributed by atoms with Gasteiger partial charge < -0.3 is 13.9 Å². The molecule has 0 saturated heterocycles. The average Bonchev–Trinajstić information content (AvgIpc) is 2.88. The maximum Gasteiger partial charge on any atom is 0.356 e. The molecule has 0 saturated carbocycles. The maximum atomic E-state index is 12.2. The minimum atomic E-state index is -1.86. The smallest absolute Gasteiger partial charge is 0.356 e. The summed E-state index contributed by atoms with van der Waals surface area (Å²) in [5.74, 6) is 0.0369. The number of carbonyl (C=O) groups excluding carboxylic acids is 1. The van der Waals surface area contributed by atoms with Gasteiger partial charge in [0.05, 0.1) is 25.9 Å². The van der Waals surface area contributed by atoms with E-state index in [1.165, 1.54) is 0 Å². The zero-order chi connectivity index (χ0) is 18.5. The van der Waals surface area contributed by atoms with Gasteiger partial charge in [-0.05, 0) is 38.9 Å². The van der Waals surface area contributed by atoms with E-state index in [-0.39, 0.29) is 11.1 Å². The summed E-state index contributed by atoms with van der Waals surface area (Å²) in [6.07, 6.45) is 0. The number of ether oxygens (including phenoxy) is 2. The second kappa shape index (κ2) is 8.16. The Labute approximate surface area is 146 Å². The molecular weight excluding hydrogens is 324 g/mol. The molecule has 1 aromatic rings. The summed E-state index contributed by atoms with van der Waals surface area (Å²) in [7, 11) is -1.86. The highest BCUT2D eigenvalue weighted by atomic mass is 28.4. The fraction of sp³-hybridized carbons (Fsp3) is 0.765. The third kappa shape index (κ3) is 5.08. The van der Waals surface area contributed by atoms with Gasteiger partial charge in [-0.3, -0.25) is 0 Å². The topological polar surface area (TPSA) is 62.6 Å². The molecule has 0 aliphatic rings. The van der Waals surface area contributed by atoms with Crippen molar-refractivity contribution in [3.8, 4) is 5.88 Å². The second-order valence-electron chi connectivity index (χ2n) is 7.39. The highest BCUT2D eigenvalue weighted by molar-refractivity contribution is 6.74. The standard InChI is InChI=1S/C17H32N2O4Si/c1-9-21-15-11-14(16(20)22-10-2)19(18-15)13(3)12-23-24(7,8)17(4,5)6/h11,13H,9-10,12H2,1-8H3/t13-/m0/s1. The van der Waals surface area contributed by atoms with Crippen molar-refractivity contribution in [1.82, 2.24) is 9.78 Å². The van der Waals surface area contributed by atoms with Crippen LogP contribution in [-0.4, -0.2) is 43.9 Å². The molecule has 0 unspecified atom stereocenters. The van der Waals surface area contributed by atoms with Crippen LogP contribution in [0.3, 0.4) is 0 Å². The third-order valence-corrected chi connectivity index (χ3v) is 8.90. The number of hydrogen-bond donors (Lipinski definition) is 0. The van der Waals surface area contributed by atoms with Crippen LogP contribution < -0.4 is 4.74 Å². The minimum Gasteiger partial charge on any atom is -0.477 e. The molecule has 1 rings (SSSR count). The molecule has 0 bridgehead atoms. The van der Waals surface area contributed by atoms with Crippen LogP contribution in [0.25, 0.3) is 0 Å². The average molecular weight is 357 g/mol. The fourth-order valence-corrected chi connectivity index (χ4v) is 2.99. The van der Waals surface area contributed by atoms with Crippen molar-refractivity contribution in [3.05, 3.63) is 11.8 Å². The molecule has 24 heavy (non-hydrogen) atoms. The monoisotopic (exact) mass is 356 g/mol. The summed E-state index contributed by atoms with van der Waals surface area (Å²) in [6, 6.07) is 1.54. The number of aromatic nitrogens is 2. The van der Waals surface area contributed by atoms with E-state index >= 15 is 0 Å². The summed E-state index contributed by atoms with van der Waals surface area (Å²) in [4.78, 5) is 12.2. The Kier molecular flexibility index (Phi) is 7.04. The summed E-state index contributed by atoms with van der Waals surface area (Å²) in [5.41, 5.74) is 0.395. The van der Waals surface area contributed by atoms with Gasteiger partial charge in [-0.15, -0.1) is 5.10 Å². The van der Waals surface area contributed by atoms with Crippen LogP contribution in [0.15, 0.2) is 6.07 Å². The van der Waals surface area contributed by atoms with Crippen molar-refractivity contribution in [3.63, 3.8) is 0 Å². The number of esters is 1. The Hall–Kier alpha value is -1.34. The van der Waals surface area contributed by atoms with E-state index in [0.717, 1.165) is 0 Å². The molecule has 1 atom stereocenters. The summed E-state index contributed by atoms with van der Waals surface area (Å²) >= 11 is 0. The zero-order valence-electron chi connectivity index (χ0n) is 16.3. The van der Waals surface area contributed by atoms with E-state index in [2.05, 4.69) is 39.0 Å². The molecule has 0 aliphatic heterocycles. The van der Waals surface area contributed by atoms with Crippen LogP contribution in [-0.2, 0) is 9.16 Å². The molecule has 1 aromatic heterocycles. The van der Waals surface area contributed by atoms with Crippen molar-refractivity contribution in [2.24, 2.45) is 0 Å². The molecule has 0 aromatic carbocycles. The summed E-state index contributed by atoms with van der Waals surface area (Å²) in [5, 5.41) is 4.53. The number of carbonyl (C=O) groups is 1. The van der Waals surface area contributed by atoms with Crippen LogP contribution in [0.1, 0.15) is 58.1 Å². The molecule has 7 heteroatoms. The van der Waals surface area contributed by atoms with E-state index in [0.29, 0.717) is 31.4 Å². The number of nitrogens with zero attached hydrogens (tertiary/aromatic N) is 2. The molecule has 1 heterocycles. The Bertz CT molecular complexity index is 549. The van der Waals surface area contributed by atoms with Crippen molar-refractivity contribution in [2.75, 3.05) is 19.8 Å². The van der Waals surface area contributed by atoms with Crippen LogP contribution in [0.2, 0.25) is 18.1 Å². The van der Waals surface area contributed by atoms with Crippen LogP contribution in [0.4, 0.5) is 0 Å². The third-order valence-electron chi connectivity index (χ3n) is 4.40. The minimum absolute atomic E-state index is 0.0901. The van der Waals surface area contributed by atoms with E-state index in [1.54, 1.807) is 17.7 Å². The van der Waals surface area contributed by atoms with Crippen molar-refractivity contribution >= 4 is 14.3 Å². The lowest BCUT2D eigenvalue weighted by Crippen LogP contribution is -2.42. The van der Waals surface area contributed by atoms with Gasteiger partial charge >= 0.3 is 5.97 Å². The second-order valence-corrected chi connectivity index (χ2v) is 12.2. The van der Waals surface area contributed by atoms with E-state index in [1.807, 2.05) is 13.8 Å². The number of rotatable bonds is 8. The highest BCUT2D eigenvalue weighted by Gasteiger charge is 2.37. The number of hydrogen-bond acceptors (Lipinski definition) is 5. The lowest BCUT2D eigenvalue weighted by Gasteiger charge is -2.37. The van der Waals surface area contributed by atoms with Crippen molar-refractivity contribution in [1.29, 1.82) is 0 Å². The van der Waals surface area contributed by atoms with Gasteiger partial charge in [-0.2, -0.15) is 0 Å².